The van der Waals surface area contributed by atoms with E-state index in [0.717, 1.165) is 5.56 Å². The zero-order chi connectivity index (χ0) is 14.5. The van der Waals surface area contributed by atoms with Crippen LogP contribution in [0.25, 0.3) is 0 Å². The zero-order valence-corrected chi connectivity index (χ0v) is 11.4. The third-order valence-electron chi connectivity index (χ3n) is 2.64. The van der Waals surface area contributed by atoms with Crippen molar-refractivity contribution in [3.8, 4) is 5.75 Å². The van der Waals surface area contributed by atoms with Crippen molar-refractivity contribution in [1.82, 2.24) is 4.98 Å². The second-order valence-electron chi connectivity index (χ2n) is 3.90. The molecule has 0 atom stereocenters. The molecule has 1 aromatic heterocycles. The van der Waals surface area contributed by atoms with E-state index in [9.17, 15) is 10.1 Å². The summed E-state index contributed by atoms with van der Waals surface area (Å²) in [6.45, 7) is 0.134. The van der Waals surface area contributed by atoms with E-state index in [1.807, 2.05) is 6.07 Å². The largest absolute Gasteiger partial charge is 0.481 e. The maximum atomic E-state index is 11.0. The van der Waals surface area contributed by atoms with Gasteiger partial charge in [-0.15, -0.1) is 0 Å². The number of halogens is 1. The lowest BCUT2D eigenvalue weighted by atomic mass is 10.2. The average molecular weight is 294 g/mol. The van der Waals surface area contributed by atoms with Crippen molar-refractivity contribution < 1.29 is 9.66 Å². The number of ether oxygens (including phenoxy) is 1. The molecule has 104 valence electrons. The molecule has 0 aliphatic heterocycles. The predicted molar refractivity (Wildman–Crippen MR) is 76.2 cm³/mol. The summed E-state index contributed by atoms with van der Waals surface area (Å²) < 4.78 is 5.50. The summed E-state index contributed by atoms with van der Waals surface area (Å²) in [4.78, 5) is 14.6. The molecule has 0 spiro atoms. The lowest BCUT2D eigenvalue weighted by Gasteiger charge is -2.10. The molecule has 0 saturated carbocycles. The van der Waals surface area contributed by atoms with Crippen molar-refractivity contribution in [3.05, 3.63) is 57.2 Å². The van der Waals surface area contributed by atoms with E-state index in [4.69, 9.17) is 16.3 Å². The third-order valence-corrected chi connectivity index (χ3v) is 2.94. The molecular formula is C13H12ClN3O3. The Balaban J connectivity index is 2.25. The summed E-state index contributed by atoms with van der Waals surface area (Å²) in [6.07, 6.45) is 1.65. The fourth-order valence-electron chi connectivity index (χ4n) is 1.71. The summed E-state index contributed by atoms with van der Waals surface area (Å²) in [7, 11) is 1.74. The van der Waals surface area contributed by atoms with Gasteiger partial charge in [0, 0.05) is 24.9 Å². The lowest BCUT2D eigenvalue weighted by Crippen LogP contribution is -2.04. The first-order valence-corrected chi connectivity index (χ1v) is 6.18. The van der Waals surface area contributed by atoms with Gasteiger partial charge in [-0.05, 0) is 12.1 Å². The van der Waals surface area contributed by atoms with Gasteiger partial charge in [-0.25, -0.2) is 4.98 Å². The van der Waals surface area contributed by atoms with Crippen molar-refractivity contribution in [2.45, 2.75) is 6.61 Å². The number of nitrogens with one attached hydrogen (secondary N) is 1. The molecule has 0 bridgehead atoms. The highest BCUT2D eigenvalue weighted by Gasteiger charge is 2.18. The molecule has 0 amide bonds. The average Bonchev–Trinajstić information content (AvgIpc) is 2.46. The molecule has 6 nitrogen and oxygen atoms in total. The number of nitro groups is 1. The second kappa shape index (κ2) is 6.21. The second-order valence-corrected chi connectivity index (χ2v) is 4.30. The number of anilines is 1. The number of aromatic nitrogens is 1. The minimum Gasteiger partial charge on any atom is -0.481 e. The molecule has 0 radical (unpaired) electrons. The number of nitrogens with zero attached hydrogens (tertiary/aromatic N) is 2. The maximum absolute atomic E-state index is 11.0. The Labute approximate surface area is 120 Å². The topological polar surface area (TPSA) is 77.3 Å². The van der Waals surface area contributed by atoms with E-state index in [1.165, 1.54) is 12.1 Å². The standard InChI is InChI=1S/C13H12ClN3O3/c1-15-13-9(4-3-7-16-13)8-20-12-10(14)5-2-6-11(12)17(18)19/h2-7H,8H2,1H3,(H,15,16). The van der Waals surface area contributed by atoms with Crippen LogP contribution in [0.4, 0.5) is 11.5 Å². The highest BCUT2D eigenvalue weighted by Crippen LogP contribution is 2.35. The normalized spacial score (nSPS) is 10.1. The summed E-state index contributed by atoms with van der Waals surface area (Å²) in [6, 6.07) is 7.99. The number of rotatable bonds is 5. The molecule has 0 unspecified atom stereocenters. The van der Waals surface area contributed by atoms with Gasteiger partial charge in [0.05, 0.1) is 9.95 Å². The number of hydrogen-bond acceptors (Lipinski definition) is 5. The minimum absolute atomic E-state index is 0.0603. The Morgan fingerprint density at radius 1 is 1.40 bits per heavy atom. The Hall–Kier alpha value is -2.34. The van der Waals surface area contributed by atoms with Crippen LogP contribution in [0, 0.1) is 10.1 Å². The summed E-state index contributed by atoms with van der Waals surface area (Å²) in [5.74, 6) is 0.715. The van der Waals surface area contributed by atoms with Gasteiger partial charge in [0.2, 0.25) is 5.75 Å². The fourth-order valence-corrected chi connectivity index (χ4v) is 1.94. The maximum Gasteiger partial charge on any atom is 0.312 e. The highest BCUT2D eigenvalue weighted by atomic mass is 35.5. The van der Waals surface area contributed by atoms with Crippen LogP contribution in [0.2, 0.25) is 5.02 Å². The molecule has 0 aliphatic rings. The van der Waals surface area contributed by atoms with Crippen molar-refractivity contribution >= 4 is 23.1 Å². The summed E-state index contributed by atoms with van der Waals surface area (Å²) in [5, 5.41) is 14.1. The number of nitro benzene ring substituents is 1. The van der Waals surface area contributed by atoms with Crippen molar-refractivity contribution in [3.63, 3.8) is 0 Å². The zero-order valence-electron chi connectivity index (χ0n) is 10.7. The van der Waals surface area contributed by atoms with Gasteiger partial charge < -0.3 is 10.1 Å². The van der Waals surface area contributed by atoms with Crippen LogP contribution < -0.4 is 10.1 Å². The van der Waals surface area contributed by atoms with Gasteiger partial charge >= 0.3 is 5.69 Å². The fraction of sp³-hybridized carbons (Fsp3) is 0.154. The van der Waals surface area contributed by atoms with E-state index in [-0.39, 0.29) is 23.1 Å². The van der Waals surface area contributed by atoms with E-state index < -0.39 is 4.92 Å². The van der Waals surface area contributed by atoms with Crippen LogP contribution in [0.15, 0.2) is 36.5 Å². The Morgan fingerprint density at radius 3 is 2.90 bits per heavy atom. The third kappa shape index (κ3) is 2.97. The number of pyridine rings is 1. The van der Waals surface area contributed by atoms with Crippen LogP contribution in [-0.2, 0) is 6.61 Å². The first kappa shape index (κ1) is 14.1. The smallest absolute Gasteiger partial charge is 0.312 e. The van der Waals surface area contributed by atoms with E-state index in [0.29, 0.717) is 5.82 Å². The van der Waals surface area contributed by atoms with E-state index in [2.05, 4.69) is 10.3 Å². The number of para-hydroxylation sites is 1. The molecular weight excluding hydrogens is 282 g/mol. The molecule has 1 heterocycles. The molecule has 20 heavy (non-hydrogen) atoms. The molecule has 0 fully saturated rings. The minimum atomic E-state index is -0.524. The van der Waals surface area contributed by atoms with Crippen molar-refractivity contribution in [2.75, 3.05) is 12.4 Å². The highest BCUT2D eigenvalue weighted by molar-refractivity contribution is 6.32. The Kier molecular flexibility index (Phi) is 4.37. The van der Waals surface area contributed by atoms with Crippen LogP contribution >= 0.6 is 11.6 Å². The van der Waals surface area contributed by atoms with Gasteiger partial charge in [-0.3, -0.25) is 10.1 Å². The lowest BCUT2D eigenvalue weighted by molar-refractivity contribution is -0.385. The molecule has 2 rings (SSSR count). The summed E-state index contributed by atoms with van der Waals surface area (Å²) in [5.41, 5.74) is 0.622. The molecule has 2 aromatic rings. The first-order chi connectivity index (χ1) is 9.63. The van der Waals surface area contributed by atoms with Crippen LogP contribution in [0.5, 0.6) is 5.75 Å². The van der Waals surface area contributed by atoms with Crippen LogP contribution in [0.1, 0.15) is 5.56 Å². The SMILES string of the molecule is CNc1ncccc1COc1c(Cl)cccc1[N+](=O)[O-]. The summed E-state index contributed by atoms with van der Waals surface area (Å²) >= 11 is 5.95. The van der Waals surface area contributed by atoms with Crippen molar-refractivity contribution in [1.29, 1.82) is 0 Å². The quantitative estimate of drug-likeness (QED) is 0.676. The van der Waals surface area contributed by atoms with Crippen LogP contribution in [-0.4, -0.2) is 17.0 Å². The van der Waals surface area contributed by atoms with Gasteiger partial charge in [-0.1, -0.05) is 23.7 Å². The van der Waals surface area contributed by atoms with E-state index >= 15 is 0 Å². The molecule has 7 heteroatoms. The predicted octanol–water partition coefficient (Wildman–Crippen LogP) is 3.26. The molecule has 1 N–H and O–H groups in total. The molecule has 0 saturated heterocycles. The van der Waals surface area contributed by atoms with Crippen molar-refractivity contribution in [2.24, 2.45) is 0 Å². The number of hydrogen-bond donors (Lipinski definition) is 1. The van der Waals surface area contributed by atoms with Gasteiger partial charge in [-0.2, -0.15) is 0 Å². The van der Waals surface area contributed by atoms with E-state index in [1.54, 1.807) is 25.4 Å². The molecule has 1 aromatic carbocycles. The number of benzene rings is 1. The van der Waals surface area contributed by atoms with Gasteiger partial charge in [0.15, 0.2) is 0 Å². The monoisotopic (exact) mass is 293 g/mol. The van der Waals surface area contributed by atoms with Crippen LogP contribution in [0.3, 0.4) is 0 Å². The van der Waals surface area contributed by atoms with Gasteiger partial charge in [0.25, 0.3) is 0 Å². The Morgan fingerprint density at radius 2 is 2.20 bits per heavy atom. The Bertz CT molecular complexity index is 634. The van der Waals surface area contributed by atoms with Gasteiger partial charge in [0.1, 0.15) is 12.4 Å². The molecule has 0 aliphatic carbocycles. The first-order valence-electron chi connectivity index (χ1n) is 5.81.